The van der Waals surface area contributed by atoms with Crippen molar-refractivity contribution in [2.45, 2.75) is 17.7 Å². The quantitative estimate of drug-likeness (QED) is 0.654. The molecule has 0 spiro atoms. The third-order valence-corrected chi connectivity index (χ3v) is 4.77. The predicted molar refractivity (Wildman–Crippen MR) is 63.6 cm³/mol. The number of benzene rings is 1. The van der Waals surface area contributed by atoms with E-state index in [1.54, 1.807) is 0 Å². The van der Waals surface area contributed by atoms with Crippen molar-refractivity contribution < 1.29 is 18.0 Å². The van der Waals surface area contributed by atoms with Gasteiger partial charge in [-0.3, -0.25) is 0 Å². The van der Waals surface area contributed by atoms with Crippen LogP contribution in [0.5, 0.6) is 0 Å². The molecule has 98 valence electrons. The number of sulfonamides is 1. The van der Waals surface area contributed by atoms with Gasteiger partial charge in [0.05, 0.1) is 10.6 Å². The van der Waals surface area contributed by atoms with Crippen LogP contribution in [0.25, 0.3) is 0 Å². The standard InChI is InChI=1S/C11H13FN2O3S/c12-9-2-1-3-11(8-9)18(16,17)14-6-4-10(13-15)5-7-14/h1-3,8,15H,4-7H2. The van der Waals surface area contributed by atoms with E-state index in [0.29, 0.717) is 18.6 Å². The molecule has 0 bridgehead atoms. The molecule has 1 heterocycles. The van der Waals surface area contributed by atoms with Crippen LogP contribution in [0.2, 0.25) is 0 Å². The molecular formula is C11H13FN2O3S. The molecule has 0 radical (unpaired) electrons. The lowest BCUT2D eigenvalue weighted by Crippen LogP contribution is -2.38. The number of piperidine rings is 1. The maximum absolute atomic E-state index is 13.0. The normalized spacial score (nSPS) is 17.7. The number of nitrogens with zero attached hydrogens (tertiary/aromatic N) is 2. The van der Waals surface area contributed by atoms with Crippen LogP contribution in [0.3, 0.4) is 0 Å². The van der Waals surface area contributed by atoms with Crippen LogP contribution in [0, 0.1) is 5.82 Å². The van der Waals surface area contributed by atoms with E-state index in [2.05, 4.69) is 5.16 Å². The molecule has 5 nitrogen and oxygen atoms in total. The summed E-state index contributed by atoms with van der Waals surface area (Å²) in [6.07, 6.45) is 0.788. The van der Waals surface area contributed by atoms with E-state index in [-0.39, 0.29) is 18.0 Å². The first kappa shape index (κ1) is 13.0. The summed E-state index contributed by atoms with van der Waals surface area (Å²) < 4.78 is 38.7. The van der Waals surface area contributed by atoms with E-state index in [4.69, 9.17) is 5.21 Å². The first-order valence-electron chi connectivity index (χ1n) is 5.49. The summed E-state index contributed by atoms with van der Waals surface area (Å²) >= 11 is 0. The van der Waals surface area contributed by atoms with Gasteiger partial charge in [-0.2, -0.15) is 4.31 Å². The molecule has 2 rings (SSSR count). The molecule has 1 aromatic carbocycles. The second-order valence-corrected chi connectivity index (χ2v) is 5.97. The van der Waals surface area contributed by atoms with Crippen molar-refractivity contribution >= 4 is 15.7 Å². The fourth-order valence-corrected chi connectivity index (χ4v) is 3.33. The van der Waals surface area contributed by atoms with Crippen molar-refractivity contribution in [3.05, 3.63) is 30.1 Å². The third-order valence-electron chi connectivity index (χ3n) is 2.87. The summed E-state index contributed by atoms with van der Waals surface area (Å²) in [5.74, 6) is -0.578. The van der Waals surface area contributed by atoms with Gasteiger partial charge in [0, 0.05) is 25.9 Å². The average Bonchev–Trinajstić information content (AvgIpc) is 2.39. The molecule has 1 N–H and O–H groups in total. The summed E-state index contributed by atoms with van der Waals surface area (Å²) in [5, 5.41) is 11.7. The van der Waals surface area contributed by atoms with Crippen molar-refractivity contribution in [2.75, 3.05) is 13.1 Å². The zero-order chi connectivity index (χ0) is 13.2. The first-order chi connectivity index (χ1) is 8.54. The molecule has 0 saturated carbocycles. The first-order valence-corrected chi connectivity index (χ1v) is 6.93. The topological polar surface area (TPSA) is 70.0 Å². The minimum Gasteiger partial charge on any atom is -0.411 e. The largest absolute Gasteiger partial charge is 0.411 e. The van der Waals surface area contributed by atoms with Crippen LogP contribution in [-0.2, 0) is 10.0 Å². The van der Waals surface area contributed by atoms with Crippen molar-refractivity contribution in [1.29, 1.82) is 0 Å². The Morgan fingerprint density at radius 2 is 1.94 bits per heavy atom. The second-order valence-electron chi connectivity index (χ2n) is 4.03. The minimum atomic E-state index is -3.66. The monoisotopic (exact) mass is 272 g/mol. The molecule has 1 aromatic rings. The van der Waals surface area contributed by atoms with Gasteiger partial charge >= 0.3 is 0 Å². The van der Waals surface area contributed by atoms with Crippen molar-refractivity contribution in [3.8, 4) is 0 Å². The summed E-state index contributed by atoms with van der Waals surface area (Å²) in [6, 6.07) is 4.94. The maximum atomic E-state index is 13.0. The van der Waals surface area contributed by atoms with Crippen LogP contribution in [-0.4, -0.2) is 36.7 Å². The van der Waals surface area contributed by atoms with Crippen molar-refractivity contribution in [2.24, 2.45) is 5.16 Å². The van der Waals surface area contributed by atoms with E-state index in [9.17, 15) is 12.8 Å². The highest BCUT2D eigenvalue weighted by molar-refractivity contribution is 7.89. The molecule has 1 aliphatic heterocycles. The number of rotatable bonds is 2. The Bertz CT molecular complexity index is 561. The van der Waals surface area contributed by atoms with Gasteiger partial charge in [0.25, 0.3) is 0 Å². The molecule has 0 aromatic heterocycles. The molecule has 7 heteroatoms. The van der Waals surface area contributed by atoms with Crippen LogP contribution >= 0.6 is 0 Å². The van der Waals surface area contributed by atoms with Gasteiger partial charge in [-0.05, 0) is 18.2 Å². The van der Waals surface area contributed by atoms with E-state index in [0.717, 1.165) is 6.07 Å². The summed E-state index contributed by atoms with van der Waals surface area (Å²) in [6.45, 7) is 0.497. The zero-order valence-electron chi connectivity index (χ0n) is 9.58. The smallest absolute Gasteiger partial charge is 0.243 e. The van der Waals surface area contributed by atoms with Crippen molar-refractivity contribution in [1.82, 2.24) is 4.31 Å². The van der Waals surface area contributed by atoms with E-state index in [1.807, 2.05) is 0 Å². The van der Waals surface area contributed by atoms with E-state index < -0.39 is 15.8 Å². The molecule has 18 heavy (non-hydrogen) atoms. The number of oxime groups is 1. The Morgan fingerprint density at radius 3 is 2.50 bits per heavy atom. The van der Waals surface area contributed by atoms with Gasteiger partial charge < -0.3 is 5.21 Å². The Labute approximate surface area is 105 Å². The fraction of sp³-hybridized carbons (Fsp3) is 0.364. The predicted octanol–water partition coefficient (Wildman–Crippen LogP) is 1.44. The Kier molecular flexibility index (Phi) is 3.63. The fourth-order valence-electron chi connectivity index (χ4n) is 1.86. The lowest BCUT2D eigenvalue weighted by atomic mass is 10.1. The van der Waals surface area contributed by atoms with Crippen LogP contribution in [0.1, 0.15) is 12.8 Å². The Hall–Kier alpha value is -1.47. The molecular weight excluding hydrogens is 259 g/mol. The average molecular weight is 272 g/mol. The summed E-state index contributed by atoms with van der Waals surface area (Å²) in [4.78, 5) is -0.0492. The van der Waals surface area contributed by atoms with Crippen LogP contribution in [0.4, 0.5) is 4.39 Å². The highest BCUT2D eigenvalue weighted by atomic mass is 32.2. The third kappa shape index (κ3) is 2.51. The van der Waals surface area contributed by atoms with Gasteiger partial charge in [-0.25, -0.2) is 12.8 Å². The molecule has 1 saturated heterocycles. The van der Waals surface area contributed by atoms with Crippen LogP contribution in [0.15, 0.2) is 34.3 Å². The van der Waals surface area contributed by atoms with Gasteiger partial charge in [0.1, 0.15) is 5.82 Å². The Morgan fingerprint density at radius 1 is 1.28 bits per heavy atom. The van der Waals surface area contributed by atoms with Gasteiger partial charge in [-0.1, -0.05) is 11.2 Å². The highest BCUT2D eigenvalue weighted by Crippen LogP contribution is 2.20. The lowest BCUT2D eigenvalue weighted by Gasteiger charge is -2.26. The number of halogens is 1. The highest BCUT2D eigenvalue weighted by Gasteiger charge is 2.28. The minimum absolute atomic E-state index is 0.0492. The van der Waals surface area contributed by atoms with Gasteiger partial charge in [0.15, 0.2) is 0 Å². The van der Waals surface area contributed by atoms with E-state index >= 15 is 0 Å². The van der Waals surface area contributed by atoms with E-state index in [1.165, 1.54) is 22.5 Å². The molecule has 0 atom stereocenters. The summed E-state index contributed by atoms with van der Waals surface area (Å²) in [5.41, 5.74) is 0.584. The molecule has 1 aliphatic rings. The molecule has 0 unspecified atom stereocenters. The number of hydrogen-bond donors (Lipinski definition) is 1. The SMILES string of the molecule is O=S(=O)(c1cccc(F)c1)N1CCC(=NO)CC1. The van der Waals surface area contributed by atoms with Crippen molar-refractivity contribution in [3.63, 3.8) is 0 Å². The molecule has 1 fully saturated rings. The lowest BCUT2D eigenvalue weighted by molar-refractivity contribution is 0.309. The Balaban J connectivity index is 2.22. The zero-order valence-corrected chi connectivity index (χ0v) is 10.4. The second kappa shape index (κ2) is 5.03. The summed E-state index contributed by atoms with van der Waals surface area (Å²) in [7, 11) is -3.66. The van der Waals surface area contributed by atoms with Gasteiger partial charge in [0.2, 0.25) is 10.0 Å². The molecule has 0 aliphatic carbocycles. The maximum Gasteiger partial charge on any atom is 0.243 e. The van der Waals surface area contributed by atoms with Crippen LogP contribution < -0.4 is 0 Å². The van der Waals surface area contributed by atoms with Gasteiger partial charge in [-0.15, -0.1) is 0 Å². The molecule has 0 amide bonds. The number of hydrogen-bond acceptors (Lipinski definition) is 4.